The number of hydrogen-bond acceptors (Lipinski definition) is 8. The molecule has 57 heavy (non-hydrogen) atoms. The number of fused-ring (bicyclic) bond motifs is 4. The van der Waals surface area contributed by atoms with Crippen molar-refractivity contribution in [3.63, 3.8) is 0 Å². The van der Waals surface area contributed by atoms with Gasteiger partial charge in [0.05, 0.1) is 0 Å². The maximum Gasteiger partial charge on any atom is 0.306 e. The average Bonchev–Trinajstić information content (AvgIpc) is 3.23. The Bertz CT molecular complexity index is 2480. The normalized spacial score (nSPS) is 12.3. The van der Waals surface area contributed by atoms with E-state index in [9.17, 15) is 9.59 Å². The molecule has 0 saturated heterocycles. The van der Waals surface area contributed by atoms with E-state index in [1.54, 1.807) is 0 Å². The number of benzene rings is 7. The van der Waals surface area contributed by atoms with Crippen molar-refractivity contribution < 1.29 is 38.0 Å². The number of esters is 2. The second kappa shape index (κ2) is 18.6. The summed E-state index contributed by atoms with van der Waals surface area (Å²) in [6, 6.07) is 41.8. The van der Waals surface area contributed by atoms with Crippen molar-refractivity contribution in [1.82, 2.24) is 0 Å². The molecule has 0 aliphatic carbocycles. The highest BCUT2D eigenvalue weighted by Crippen LogP contribution is 2.43. The number of hydrogen-bond donors (Lipinski definition) is 0. The molecule has 0 N–H and O–H groups in total. The van der Waals surface area contributed by atoms with E-state index in [1.165, 1.54) is 0 Å². The predicted octanol–water partition coefficient (Wildman–Crippen LogP) is 10.9. The molecule has 0 aromatic heterocycles. The van der Waals surface area contributed by atoms with Crippen LogP contribution in [0.1, 0.15) is 45.1 Å². The summed E-state index contributed by atoms with van der Waals surface area (Å²) in [5, 5.41) is 7.39. The Balaban J connectivity index is 1.17. The van der Waals surface area contributed by atoms with E-state index in [-0.39, 0.29) is 38.4 Å². The molecule has 292 valence electrons. The first-order valence-electron chi connectivity index (χ1n) is 19.7. The summed E-state index contributed by atoms with van der Waals surface area (Å²) >= 11 is 0. The fraction of sp³-hybridized carbons (Fsp3) is 0.265. The Kier molecular flexibility index (Phi) is 12.7. The Morgan fingerprint density at radius 2 is 0.860 bits per heavy atom. The predicted molar refractivity (Wildman–Crippen MR) is 226 cm³/mol. The molecule has 0 amide bonds. The van der Waals surface area contributed by atoms with Crippen LogP contribution in [0.3, 0.4) is 0 Å². The van der Waals surface area contributed by atoms with Gasteiger partial charge in [-0.2, -0.15) is 0 Å². The van der Waals surface area contributed by atoms with E-state index in [0.29, 0.717) is 48.7 Å². The number of ether oxygens (including phenoxy) is 6. The van der Waals surface area contributed by atoms with E-state index in [0.717, 1.165) is 48.7 Å². The fourth-order valence-corrected chi connectivity index (χ4v) is 7.02. The Hall–Kier alpha value is -6.28. The van der Waals surface area contributed by atoms with E-state index in [4.69, 9.17) is 28.4 Å². The lowest BCUT2D eigenvalue weighted by atomic mass is 9.99. The first-order valence-corrected chi connectivity index (χ1v) is 19.7. The van der Waals surface area contributed by atoms with Gasteiger partial charge < -0.3 is 28.4 Å². The molecule has 0 aliphatic rings. The summed E-state index contributed by atoms with van der Waals surface area (Å²) in [4.78, 5) is 25.6. The zero-order valence-electron chi connectivity index (χ0n) is 32.7. The molecule has 8 nitrogen and oxygen atoms in total. The molecule has 0 aliphatic heterocycles. The van der Waals surface area contributed by atoms with Gasteiger partial charge in [0, 0.05) is 45.2 Å². The van der Waals surface area contributed by atoms with Crippen molar-refractivity contribution in [2.24, 2.45) is 0 Å². The number of carbonyl (C=O) groups excluding carboxylic acids is 2. The van der Waals surface area contributed by atoms with Crippen LogP contribution in [0.25, 0.3) is 43.1 Å². The number of carbonyl (C=O) groups is 2. The van der Waals surface area contributed by atoms with E-state index in [2.05, 4.69) is 6.07 Å². The summed E-state index contributed by atoms with van der Waals surface area (Å²) in [7, 11) is 0. The molecule has 2 unspecified atom stereocenters. The molecule has 2 atom stereocenters. The van der Waals surface area contributed by atoms with Crippen LogP contribution in [0, 0.1) is 6.92 Å². The zero-order chi connectivity index (χ0) is 39.6. The van der Waals surface area contributed by atoms with Crippen molar-refractivity contribution in [3.05, 3.63) is 133 Å². The smallest absolute Gasteiger partial charge is 0.306 e. The van der Waals surface area contributed by atoms with Gasteiger partial charge in [-0.15, -0.1) is 0 Å². The molecule has 7 rings (SSSR count). The quantitative estimate of drug-likeness (QED) is 0.0630. The third-order valence-corrected chi connectivity index (χ3v) is 9.76. The Morgan fingerprint density at radius 3 is 1.35 bits per heavy atom. The molecular formula is C49H48O8. The van der Waals surface area contributed by atoms with Crippen LogP contribution in [0.5, 0.6) is 23.0 Å². The van der Waals surface area contributed by atoms with Gasteiger partial charge >= 0.3 is 11.9 Å². The highest BCUT2D eigenvalue weighted by Gasteiger charge is 2.23. The summed E-state index contributed by atoms with van der Waals surface area (Å²) in [6.07, 6.45) is 0.561. The minimum Gasteiger partial charge on any atom is -0.489 e. The molecule has 8 heteroatoms. The maximum absolute atomic E-state index is 12.8. The lowest BCUT2D eigenvalue weighted by molar-refractivity contribution is -0.153. The molecular weight excluding hydrogens is 717 g/mol. The van der Waals surface area contributed by atoms with Crippen LogP contribution in [-0.2, 0) is 19.1 Å². The van der Waals surface area contributed by atoms with Gasteiger partial charge in [0.1, 0.15) is 49.4 Å². The van der Waals surface area contributed by atoms with Crippen molar-refractivity contribution >= 4 is 55.0 Å². The topological polar surface area (TPSA) is 89.5 Å². The number of rotatable bonds is 18. The number of aryl methyl sites for hydroxylation is 1. The standard InChI is InChI=1S/C49H48O8/c1-4-14-46(50)56-36(29-52-44-24-12-18-34-16-6-8-20-38(34)44)31-54-48-40-22-10-11-23-41(40)49(43-28-33(3)26-27-42(43)48)55-32-37(57-47(51)15-5-2)30-53-45-25-13-19-35-17-7-9-21-39(35)45/h6-13,16-28,36-37H,4-5,14-15,29-32H2,1-3H3. The SMILES string of the molecule is CCCC(=O)OC(COc1cccc2ccccc12)COc1c2ccccc2c(OCC(COc2cccc3ccccc23)OC(=O)CCC)c2cc(C)ccc12. The summed E-state index contributed by atoms with van der Waals surface area (Å²) in [6.45, 7) is 6.26. The molecule has 0 saturated carbocycles. The fourth-order valence-electron chi connectivity index (χ4n) is 7.02. The molecule has 7 aromatic carbocycles. The average molecular weight is 765 g/mol. The lowest BCUT2D eigenvalue weighted by Gasteiger charge is -2.23. The molecule has 0 radical (unpaired) electrons. The molecule has 0 spiro atoms. The molecule has 0 heterocycles. The molecule has 0 fully saturated rings. The molecule has 0 bridgehead atoms. The van der Waals surface area contributed by atoms with E-state index >= 15 is 0 Å². The lowest BCUT2D eigenvalue weighted by Crippen LogP contribution is -2.31. The largest absolute Gasteiger partial charge is 0.489 e. The summed E-state index contributed by atoms with van der Waals surface area (Å²) in [5.74, 6) is 2.09. The van der Waals surface area contributed by atoms with Crippen LogP contribution in [0.4, 0.5) is 0 Å². The van der Waals surface area contributed by atoms with Gasteiger partial charge in [0.15, 0.2) is 12.2 Å². The van der Waals surface area contributed by atoms with Crippen LogP contribution in [0.15, 0.2) is 127 Å². The third-order valence-electron chi connectivity index (χ3n) is 9.76. The van der Waals surface area contributed by atoms with Crippen molar-refractivity contribution in [1.29, 1.82) is 0 Å². The summed E-state index contributed by atoms with van der Waals surface area (Å²) < 4.78 is 37.8. The van der Waals surface area contributed by atoms with Gasteiger partial charge in [-0.3, -0.25) is 9.59 Å². The van der Waals surface area contributed by atoms with Gasteiger partial charge in [-0.25, -0.2) is 0 Å². The van der Waals surface area contributed by atoms with Crippen molar-refractivity contribution in [2.75, 3.05) is 26.4 Å². The van der Waals surface area contributed by atoms with Gasteiger partial charge in [0.25, 0.3) is 0 Å². The second-order valence-electron chi connectivity index (χ2n) is 14.2. The maximum atomic E-state index is 12.8. The van der Waals surface area contributed by atoms with Crippen LogP contribution in [0.2, 0.25) is 0 Å². The van der Waals surface area contributed by atoms with E-state index < -0.39 is 12.2 Å². The zero-order valence-corrected chi connectivity index (χ0v) is 32.7. The summed E-state index contributed by atoms with van der Waals surface area (Å²) in [5.41, 5.74) is 1.04. The van der Waals surface area contributed by atoms with Crippen LogP contribution >= 0.6 is 0 Å². The van der Waals surface area contributed by atoms with Gasteiger partial charge in [-0.1, -0.05) is 129 Å². The second-order valence-corrected chi connectivity index (χ2v) is 14.2. The van der Waals surface area contributed by atoms with Gasteiger partial charge in [-0.05, 0) is 48.7 Å². The first kappa shape index (κ1) is 39.0. The monoisotopic (exact) mass is 764 g/mol. The van der Waals surface area contributed by atoms with Crippen LogP contribution < -0.4 is 18.9 Å². The third kappa shape index (κ3) is 9.41. The van der Waals surface area contributed by atoms with Crippen molar-refractivity contribution in [2.45, 2.75) is 58.7 Å². The Labute approximate surface area is 333 Å². The minimum atomic E-state index is -0.683. The minimum absolute atomic E-state index is 0.0638. The van der Waals surface area contributed by atoms with E-state index in [1.807, 2.05) is 142 Å². The van der Waals surface area contributed by atoms with Crippen molar-refractivity contribution in [3.8, 4) is 23.0 Å². The first-order chi connectivity index (χ1) is 27.9. The Morgan fingerprint density at radius 1 is 0.456 bits per heavy atom. The highest BCUT2D eigenvalue weighted by atomic mass is 16.6. The highest BCUT2D eigenvalue weighted by molar-refractivity contribution is 6.11. The molecule has 7 aromatic rings. The van der Waals surface area contributed by atoms with Crippen LogP contribution in [-0.4, -0.2) is 50.6 Å². The van der Waals surface area contributed by atoms with Gasteiger partial charge in [0.2, 0.25) is 0 Å².